The van der Waals surface area contributed by atoms with Gasteiger partial charge in [0.25, 0.3) is 0 Å². The zero-order valence-corrected chi connectivity index (χ0v) is 26.7. The van der Waals surface area contributed by atoms with Crippen molar-refractivity contribution in [2.75, 3.05) is 0 Å². The average molecular weight is 636 g/mol. The van der Waals surface area contributed by atoms with Crippen molar-refractivity contribution in [2.45, 2.75) is 0 Å². The van der Waals surface area contributed by atoms with Crippen LogP contribution in [-0.2, 0) is 0 Å². The van der Waals surface area contributed by atoms with Gasteiger partial charge in [-0.15, -0.1) is 0 Å². The van der Waals surface area contributed by atoms with Gasteiger partial charge >= 0.3 is 0 Å². The molecule has 0 radical (unpaired) electrons. The number of hydrogen-bond donors (Lipinski definition) is 0. The van der Waals surface area contributed by atoms with Crippen molar-refractivity contribution in [3.05, 3.63) is 168 Å². The Balaban J connectivity index is 1.27. The van der Waals surface area contributed by atoms with Gasteiger partial charge in [-0.2, -0.15) is 15.8 Å². The fourth-order valence-electron chi connectivity index (χ4n) is 7.45. The highest BCUT2D eigenvalue weighted by molar-refractivity contribution is 6.11. The summed E-state index contributed by atoms with van der Waals surface area (Å²) in [6.07, 6.45) is 0. The fourth-order valence-corrected chi connectivity index (χ4v) is 7.45. The predicted octanol–water partition coefficient (Wildman–Crippen LogP) is 10.8. The maximum Gasteiger partial charge on any atom is 0.101 e. The van der Waals surface area contributed by atoms with E-state index in [2.05, 4.69) is 94.1 Å². The van der Waals surface area contributed by atoms with Crippen LogP contribution in [0, 0.1) is 34.0 Å². The molecule has 9 aromatic rings. The molecule has 9 rings (SSSR count). The minimum absolute atomic E-state index is 0.522. The topological polar surface area (TPSA) is 81.2 Å². The summed E-state index contributed by atoms with van der Waals surface area (Å²) in [6.45, 7) is 0. The van der Waals surface area contributed by atoms with Gasteiger partial charge in [0.1, 0.15) is 6.07 Å². The van der Waals surface area contributed by atoms with E-state index in [0.29, 0.717) is 16.7 Å². The summed E-state index contributed by atoms with van der Waals surface area (Å²) in [5.74, 6) is 0. The van der Waals surface area contributed by atoms with Gasteiger partial charge < -0.3 is 9.13 Å². The van der Waals surface area contributed by atoms with E-state index >= 15 is 0 Å². The van der Waals surface area contributed by atoms with E-state index in [1.165, 1.54) is 10.8 Å². The number of nitriles is 3. The van der Waals surface area contributed by atoms with E-state index in [0.717, 1.165) is 66.5 Å². The molecule has 5 nitrogen and oxygen atoms in total. The average Bonchev–Trinajstić information content (AvgIpc) is 3.70. The van der Waals surface area contributed by atoms with E-state index in [-0.39, 0.29) is 0 Å². The standard InChI is InChI=1S/C45H25N5/c46-26-29-19-22-44-40(23-29)38-14-3-6-18-43(38)50(44)45-33(28-48)10-8-15-35(45)31-20-21-32(27-47)39(25-31)30-9-7-11-34(24-30)49-41-16-4-1-12-36(41)37-13-2-5-17-42(37)49/h1-25H. The summed E-state index contributed by atoms with van der Waals surface area (Å²) in [5, 5.41) is 34.8. The minimum Gasteiger partial charge on any atom is -0.309 e. The SMILES string of the molecule is N#Cc1ccc2c(c1)c1ccccc1n2-c1c(C#N)cccc1-c1ccc(C#N)c(-c2cccc(-n3c4ccccc4c4ccccc43)c2)c1. The highest BCUT2D eigenvalue weighted by Crippen LogP contribution is 2.40. The molecule has 2 aromatic heterocycles. The Morgan fingerprint density at radius 1 is 0.380 bits per heavy atom. The lowest BCUT2D eigenvalue weighted by molar-refractivity contribution is 1.17. The van der Waals surface area contributed by atoms with E-state index < -0.39 is 0 Å². The Labute approximate surface area is 287 Å². The molecule has 0 atom stereocenters. The summed E-state index contributed by atoms with van der Waals surface area (Å²) in [6, 6.07) is 57.7. The molecule has 0 aliphatic heterocycles. The van der Waals surface area contributed by atoms with Crippen LogP contribution < -0.4 is 0 Å². The second-order valence-electron chi connectivity index (χ2n) is 12.3. The van der Waals surface area contributed by atoms with E-state index in [1.54, 1.807) is 0 Å². The molecule has 50 heavy (non-hydrogen) atoms. The van der Waals surface area contributed by atoms with E-state index in [4.69, 9.17) is 0 Å². The monoisotopic (exact) mass is 635 g/mol. The van der Waals surface area contributed by atoms with E-state index in [9.17, 15) is 15.8 Å². The Morgan fingerprint density at radius 3 is 1.66 bits per heavy atom. The first-order valence-corrected chi connectivity index (χ1v) is 16.3. The molecule has 0 spiro atoms. The first-order chi connectivity index (χ1) is 24.7. The van der Waals surface area contributed by atoms with Gasteiger partial charge in [0.2, 0.25) is 0 Å². The summed E-state index contributed by atoms with van der Waals surface area (Å²) < 4.78 is 4.40. The summed E-state index contributed by atoms with van der Waals surface area (Å²) >= 11 is 0. The van der Waals surface area contributed by atoms with Crippen LogP contribution in [0.25, 0.3) is 77.2 Å². The zero-order valence-electron chi connectivity index (χ0n) is 26.7. The smallest absolute Gasteiger partial charge is 0.101 e. The molecule has 5 heteroatoms. The normalized spacial score (nSPS) is 11.1. The molecule has 0 saturated carbocycles. The van der Waals surface area contributed by atoms with Crippen LogP contribution in [0.15, 0.2) is 152 Å². The van der Waals surface area contributed by atoms with Gasteiger partial charge in [0, 0.05) is 38.4 Å². The molecule has 0 N–H and O–H groups in total. The fraction of sp³-hybridized carbons (Fsp3) is 0. The van der Waals surface area contributed by atoms with Gasteiger partial charge in [0.15, 0.2) is 0 Å². The van der Waals surface area contributed by atoms with Crippen molar-refractivity contribution >= 4 is 43.6 Å². The van der Waals surface area contributed by atoms with Crippen LogP contribution in [0.2, 0.25) is 0 Å². The highest BCUT2D eigenvalue weighted by Gasteiger charge is 2.20. The third-order valence-corrected chi connectivity index (χ3v) is 9.63. The second-order valence-corrected chi connectivity index (χ2v) is 12.3. The molecule has 7 aromatic carbocycles. The molecule has 0 amide bonds. The van der Waals surface area contributed by atoms with Crippen LogP contribution in [0.4, 0.5) is 0 Å². The molecular formula is C45H25N5. The Bertz CT molecular complexity index is 2920. The Kier molecular flexibility index (Phi) is 6.56. The predicted molar refractivity (Wildman–Crippen MR) is 200 cm³/mol. The van der Waals surface area contributed by atoms with Crippen LogP contribution in [0.1, 0.15) is 16.7 Å². The van der Waals surface area contributed by atoms with Crippen molar-refractivity contribution in [2.24, 2.45) is 0 Å². The number of nitrogens with zero attached hydrogens (tertiary/aromatic N) is 5. The third kappa shape index (κ3) is 4.31. The lowest BCUT2D eigenvalue weighted by Crippen LogP contribution is -2.01. The number of benzene rings is 7. The van der Waals surface area contributed by atoms with Gasteiger partial charge in [-0.05, 0) is 77.9 Å². The lowest BCUT2D eigenvalue weighted by Gasteiger charge is -2.17. The summed E-state index contributed by atoms with van der Waals surface area (Å²) in [4.78, 5) is 0. The third-order valence-electron chi connectivity index (χ3n) is 9.63. The first-order valence-electron chi connectivity index (χ1n) is 16.3. The molecule has 0 aliphatic carbocycles. The Hall–Kier alpha value is -7.39. The van der Waals surface area contributed by atoms with Crippen molar-refractivity contribution < 1.29 is 0 Å². The molecule has 2 heterocycles. The lowest BCUT2D eigenvalue weighted by atomic mass is 9.93. The van der Waals surface area contributed by atoms with Crippen molar-refractivity contribution in [3.8, 4) is 51.8 Å². The molecule has 0 fully saturated rings. The van der Waals surface area contributed by atoms with Gasteiger partial charge in [-0.1, -0.05) is 84.9 Å². The van der Waals surface area contributed by atoms with Crippen molar-refractivity contribution in [1.82, 2.24) is 9.13 Å². The van der Waals surface area contributed by atoms with Crippen LogP contribution >= 0.6 is 0 Å². The Morgan fingerprint density at radius 2 is 0.980 bits per heavy atom. The van der Waals surface area contributed by atoms with Crippen LogP contribution in [0.5, 0.6) is 0 Å². The maximum atomic E-state index is 10.4. The van der Waals surface area contributed by atoms with Gasteiger partial charge in [-0.25, -0.2) is 0 Å². The number of para-hydroxylation sites is 4. The largest absolute Gasteiger partial charge is 0.309 e. The minimum atomic E-state index is 0.522. The maximum absolute atomic E-state index is 10.4. The number of fused-ring (bicyclic) bond motifs is 6. The van der Waals surface area contributed by atoms with Crippen molar-refractivity contribution in [1.29, 1.82) is 15.8 Å². The first kappa shape index (κ1) is 28.8. The van der Waals surface area contributed by atoms with Gasteiger partial charge in [0.05, 0.1) is 56.6 Å². The van der Waals surface area contributed by atoms with Crippen LogP contribution in [-0.4, -0.2) is 9.13 Å². The van der Waals surface area contributed by atoms with E-state index in [1.807, 2.05) is 84.9 Å². The molecule has 230 valence electrons. The highest BCUT2D eigenvalue weighted by atomic mass is 15.0. The quantitative estimate of drug-likeness (QED) is 0.193. The summed E-state index contributed by atoms with van der Waals surface area (Å²) in [5.41, 5.74) is 11.0. The number of rotatable bonds is 4. The molecule has 0 saturated heterocycles. The number of hydrogen-bond acceptors (Lipinski definition) is 3. The second kappa shape index (κ2) is 11.4. The molecule has 0 bridgehead atoms. The van der Waals surface area contributed by atoms with Crippen LogP contribution in [0.3, 0.4) is 0 Å². The summed E-state index contributed by atoms with van der Waals surface area (Å²) in [7, 11) is 0. The molecular weight excluding hydrogens is 611 g/mol. The number of aromatic nitrogens is 2. The molecule has 0 aliphatic rings. The van der Waals surface area contributed by atoms with Gasteiger partial charge in [-0.3, -0.25) is 0 Å². The zero-order chi connectivity index (χ0) is 33.8. The molecule has 0 unspecified atom stereocenters. The van der Waals surface area contributed by atoms with Crippen molar-refractivity contribution in [3.63, 3.8) is 0 Å².